The van der Waals surface area contributed by atoms with Gasteiger partial charge in [0.15, 0.2) is 0 Å². The predicted molar refractivity (Wildman–Crippen MR) is 71.2 cm³/mol. The van der Waals surface area contributed by atoms with Crippen LogP contribution < -0.4 is 5.30 Å². The molecular formula is C12H20ClP. The number of halogens is 1. The largest absolute Gasteiger partial charge is 0.147 e. The Labute approximate surface area is 96.1 Å². The minimum Gasteiger partial charge on any atom is -0.147 e. The zero-order chi connectivity index (χ0) is 9.84. The first kappa shape index (κ1) is 13.9. The van der Waals surface area contributed by atoms with Crippen molar-refractivity contribution in [2.45, 2.75) is 40.0 Å². The number of aryl methyl sites for hydroxylation is 1. The summed E-state index contributed by atoms with van der Waals surface area (Å²) in [5.41, 5.74) is 4.62. The van der Waals surface area contributed by atoms with Gasteiger partial charge in [-0.1, -0.05) is 32.9 Å². The summed E-state index contributed by atoms with van der Waals surface area (Å²) < 4.78 is 0. The second kappa shape index (κ2) is 6.43. The van der Waals surface area contributed by atoms with Gasteiger partial charge in [0.05, 0.1) is 0 Å². The molecule has 0 spiro atoms. The molecule has 1 atom stereocenters. The molecule has 0 nitrogen and oxygen atoms in total. The number of hydrogen-bond acceptors (Lipinski definition) is 0. The molecule has 0 amide bonds. The fourth-order valence-electron chi connectivity index (χ4n) is 1.95. The second-order valence-electron chi connectivity index (χ2n) is 3.33. The van der Waals surface area contributed by atoms with Crippen molar-refractivity contribution < 1.29 is 0 Å². The summed E-state index contributed by atoms with van der Waals surface area (Å²) >= 11 is 0. The smallest absolute Gasteiger partial charge is 0.0268 e. The summed E-state index contributed by atoms with van der Waals surface area (Å²) in [6, 6.07) is 4.49. The van der Waals surface area contributed by atoms with Crippen LogP contribution in [0.1, 0.15) is 37.5 Å². The Hall–Kier alpha value is -0.0600. The van der Waals surface area contributed by atoms with Crippen LogP contribution >= 0.6 is 21.6 Å². The molecule has 80 valence electrons. The van der Waals surface area contributed by atoms with Crippen LogP contribution in [0.25, 0.3) is 0 Å². The van der Waals surface area contributed by atoms with Crippen LogP contribution in [0.3, 0.4) is 0 Å². The topological polar surface area (TPSA) is 0 Å². The van der Waals surface area contributed by atoms with Gasteiger partial charge >= 0.3 is 0 Å². The Morgan fingerprint density at radius 1 is 0.929 bits per heavy atom. The van der Waals surface area contributed by atoms with Crippen molar-refractivity contribution in [1.82, 2.24) is 0 Å². The van der Waals surface area contributed by atoms with Gasteiger partial charge in [0.25, 0.3) is 0 Å². The van der Waals surface area contributed by atoms with Crippen LogP contribution in [0, 0.1) is 0 Å². The maximum atomic E-state index is 2.84. The van der Waals surface area contributed by atoms with E-state index in [0.29, 0.717) is 0 Å². The van der Waals surface area contributed by atoms with Gasteiger partial charge in [0.2, 0.25) is 0 Å². The molecule has 1 unspecified atom stereocenters. The van der Waals surface area contributed by atoms with E-state index in [-0.39, 0.29) is 12.4 Å². The zero-order valence-corrected chi connectivity index (χ0v) is 11.2. The van der Waals surface area contributed by atoms with E-state index in [2.05, 4.69) is 42.1 Å². The fourth-order valence-corrected chi connectivity index (χ4v) is 2.42. The molecule has 0 N–H and O–H groups in total. The molecule has 2 heteroatoms. The first-order valence-electron chi connectivity index (χ1n) is 5.13. The summed E-state index contributed by atoms with van der Waals surface area (Å²) in [7, 11) is 2.84. The van der Waals surface area contributed by atoms with E-state index in [1.165, 1.54) is 16.4 Å². The van der Waals surface area contributed by atoms with Gasteiger partial charge in [-0.15, -0.1) is 21.6 Å². The van der Waals surface area contributed by atoms with E-state index < -0.39 is 0 Å². The number of rotatable bonds is 3. The summed E-state index contributed by atoms with van der Waals surface area (Å²) in [6.07, 6.45) is 3.46. The monoisotopic (exact) mass is 230 g/mol. The van der Waals surface area contributed by atoms with Gasteiger partial charge in [0.1, 0.15) is 0 Å². The number of benzene rings is 1. The molecule has 0 radical (unpaired) electrons. The lowest BCUT2D eigenvalue weighted by atomic mass is 9.96. The van der Waals surface area contributed by atoms with Crippen LogP contribution in [-0.2, 0) is 19.3 Å². The van der Waals surface area contributed by atoms with E-state index >= 15 is 0 Å². The van der Waals surface area contributed by atoms with E-state index in [4.69, 9.17) is 0 Å². The highest BCUT2D eigenvalue weighted by Crippen LogP contribution is 2.17. The van der Waals surface area contributed by atoms with Crippen LogP contribution in [0.15, 0.2) is 12.1 Å². The van der Waals surface area contributed by atoms with Crippen molar-refractivity contribution in [3.63, 3.8) is 0 Å². The molecule has 0 bridgehead atoms. The van der Waals surface area contributed by atoms with Crippen molar-refractivity contribution in [3.05, 3.63) is 28.8 Å². The third-order valence-corrected chi connectivity index (χ3v) is 3.19. The fraction of sp³-hybridized carbons (Fsp3) is 0.500. The SMILES string of the molecule is CCc1ccc(P)c(CC)c1CC.Cl. The van der Waals surface area contributed by atoms with Crippen LogP contribution in [0.4, 0.5) is 0 Å². The Kier molecular flexibility index (Phi) is 6.40. The van der Waals surface area contributed by atoms with Gasteiger partial charge in [-0.05, 0) is 41.3 Å². The highest BCUT2D eigenvalue weighted by atomic mass is 35.5. The van der Waals surface area contributed by atoms with E-state index in [1.807, 2.05) is 0 Å². The summed E-state index contributed by atoms with van der Waals surface area (Å²) in [5.74, 6) is 0. The van der Waals surface area contributed by atoms with Gasteiger partial charge in [-0.25, -0.2) is 0 Å². The van der Waals surface area contributed by atoms with Crippen molar-refractivity contribution >= 4 is 27.0 Å². The molecule has 0 aromatic heterocycles. The maximum absolute atomic E-state index is 2.84. The zero-order valence-electron chi connectivity index (χ0n) is 9.26. The van der Waals surface area contributed by atoms with Gasteiger partial charge in [0, 0.05) is 0 Å². The normalized spacial score (nSPS) is 9.71. The summed E-state index contributed by atoms with van der Waals surface area (Å²) in [6.45, 7) is 6.72. The van der Waals surface area contributed by atoms with Gasteiger partial charge in [-0.3, -0.25) is 0 Å². The Morgan fingerprint density at radius 2 is 1.50 bits per heavy atom. The van der Waals surface area contributed by atoms with E-state index in [9.17, 15) is 0 Å². The maximum Gasteiger partial charge on any atom is -0.0268 e. The van der Waals surface area contributed by atoms with E-state index in [0.717, 1.165) is 19.3 Å². The molecule has 0 saturated carbocycles. The van der Waals surface area contributed by atoms with Crippen LogP contribution in [0.2, 0.25) is 0 Å². The predicted octanol–water partition coefficient (Wildman–Crippen LogP) is 3.30. The van der Waals surface area contributed by atoms with Crippen molar-refractivity contribution in [1.29, 1.82) is 0 Å². The minimum absolute atomic E-state index is 0. The second-order valence-corrected chi connectivity index (χ2v) is 3.95. The molecular weight excluding hydrogens is 211 g/mol. The highest BCUT2D eigenvalue weighted by molar-refractivity contribution is 7.27. The van der Waals surface area contributed by atoms with Crippen LogP contribution in [0.5, 0.6) is 0 Å². The first-order chi connectivity index (χ1) is 6.24. The number of hydrogen-bond donors (Lipinski definition) is 0. The Balaban J connectivity index is 0.00000169. The Bertz CT molecular complexity index is 295. The third kappa shape index (κ3) is 2.72. The van der Waals surface area contributed by atoms with Gasteiger partial charge < -0.3 is 0 Å². The molecule has 0 aliphatic carbocycles. The summed E-state index contributed by atoms with van der Waals surface area (Å²) in [5, 5.41) is 1.37. The first-order valence-corrected chi connectivity index (χ1v) is 5.71. The molecule has 1 rings (SSSR count). The van der Waals surface area contributed by atoms with E-state index in [1.54, 1.807) is 5.56 Å². The molecule has 0 aliphatic rings. The third-order valence-electron chi connectivity index (χ3n) is 2.65. The molecule has 1 aromatic rings. The molecule has 0 saturated heterocycles. The van der Waals surface area contributed by atoms with Crippen molar-refractivity contribution in [2.24, 2.45) is 0 Å². The lowest BCUT2D eigenvalue weighted by Gasteiger charge is -2.13. The van der Waals surface area contributed by atoms with Gasteiger partial charge in [-0.2, -0.15) is 0 Å². The molecule has 1 aromatic carbocycles. The van der Waals surface area contributed by atoms with Crippen LogP contribution in [-0.4, -0.2) is 0 Å². The average Bonchev–Trinajstić information content (AvgIpc) is 2.17. The minimum atomic E-state index is 0. The summed E-state index contributed by atoms with van der Waals surface area (Å²) in [4.78, 5) is 0. The lowest BCUT2D eigenvalue weighted by Crippen LogP contribution is -2.08. The lowest BCUT2D eigenvalue weighted by molar-refractivity contribution is 0.989. The van der Waals surface area contributed by atoms with Crippen molar-refractivity contribution in [2.75, 3.05) is 0 Å². The quantitative estimate of drug-likeness (QED) is 0.699. The molecule has 0 aliphatic heterocycles. The van der Waals surface area contributed by atoms with Crippen molar-refractivity contribution in [3.8, 4) is 0 Å². The average molecular weight is 231 g/mol. The molecule has 14 heavy (non-hydrogen) atoms. The molecule has 0 heterocycles. The molecule has 0 fully saturated rings. The Morgan fingerprint density at radius 3 is 1.93 bits per heavy atom. The standard InChI is InChI=1S/C12H19P.ClH/c1-4-9-7-8-12(13)11(6-3)10(9)5-2;/h7-8H,4-6,13H2,1-3H3;1H. The highest BCUT2D eigenvalue weighted by Gasteiger charge is 2.06.